The molecule has 0 saturated carbocycles. The van der Waals surface area contributed by atoms with E-state index in [2.05, 4.69) is 71.9 Å². The fourth-order valence-corrected chi connectivity index (χ4v) is 6.46. The van der Waals surface area contributed by atoms with Gasteiger partial charge in [0.15, 0.2) is 0 Å². The highest BCUT2D eigenvalue weighted by molar-refractivity contribution is 5.83. The number of imidazole rings is 1. The van der Waals surface area contributed by atoms with Gasteiger partial charge in [-0.2, -0.15) is 0 Å². The van der Waals surface area contributed by atoms with Crippen LogP contribution < -0.4 is 0 Å². The van der Waals surface area contributed by atoms with Gasteiger partial charge in [0.05, 0.1) is 12.2 Å². The van der Waals surface area contributed by atoms with Crippen molar-refractivity contribution in [1.29, 1.82) is 0 Å². The number of hydrogen-bond acceptors (Lipinski definition) is 5. The second-order valence-corrected chi connectivity index (χ2v) is 12.4. The molecule has 4 aromatic rings. The van der Waals surface area contributed by atoms with Crippen molar-refractivity contribution in [2.24, 2.45) is 11.8 Å². The van der Waals surface area contributed by atoms with E-state index in [1.165, 1.54) is 36.0 Å². The molecule has 0 N–H and O–H groups in total. The van der Waals surface area contributed by atoms with Crippen molar-refractivity contribution in [2.45, 2.75) is 91.8 Å². The zero-order chi connectivity index (χ0) is 30.2. The number of aryl methyl sites for hydroxylation is 3. The summed E-state index contributed by atoms with van der Waals surface area (Å²) in [5.74, 6) is 2.24. The third kappa shape index (κ3) is 8.08. The van der Waals surface area contributed by atoms with Crippen molar-refractivity contribution in [1.82, 2.24) is 29.4 Å². The Hall–Kier alpha value is -3.58. The molecule has 0 spiro atoms. The number of nitrogens with zero attached hydrogens (tertiary/aromatic N) is 6. The fourth-order valence-electron chi connectivity index (χ4n) is 6.46. The van der Waals surface area contributed by atoms with Gasteiger partial charge in [0.1, 0.15) is 11.6 Å². The summed E-state index contributed by atoms with van der Waals surface area (Å²) in [6.45, 7) is 13.5. The topological polar surface area (TPSA) is 68.8 Å². The summed E-state index contributed by atoms with van der Waals surface area (Å²) < 4.78 is 4.17. The molecule has 1 fully saturated rings. The van der Waals surface area contributed by atoms with E-state index in [0.29, 0.717) is 6.42 Å². The summed E-state index contributed by atoms with van der Waals surface area (Å²) in [5.41, 5.74) is 5.82. The molecule has 0 amide bonds. The van der Waals surface area contributed by atoms with Gasteiger partial charge in [-0.05, 0) is 86.7 Å². The highest BCUT2D eigenvalue weighted by Crippen LogP contribution is 2.33. The number of rotatable bonds is 14. The van der Waals surface area contributed by atoms with E-state index in [1.54, 1.807) is 0 Å². The Morgan fingerprint density at radius 3 is 2.56 bits per heavy atom. The van der Waals surface area contributed by atoms with Crippen LogP contribution in [0.1, 0.15) is 86.1 Å². The lowest BCUT2D eigenvalue weighted by Crippen LogP contribution is -2.34. The van der Waals surface area contributed by atoms with Crippen molar-refractivity contribution in [3.63, 3.8) is 0 Å². The molecule has 7 nitrogen and oxygen atoms in total. The van der Waals surface area contributed by atoms with Gasteiger partial charge in [-0.25, -0.2) is 4.98 Å². The van der Waals surface area contributed by atoms with Crippen molar-refractivity contribution >= 4 is 5.78 Å². The van der Waals surface area contributed by atoms with Gasteiger partial charge in [0, 0.05) is 44.0 Å². The van der Waals surface area contributed by atoms with Crippen LogP contribution in [0, 0.1) is 18.8 Å². The van der Waals surface area contributed by atoms with Crippen LogP contribution in [0.2, 0.25) is 0 Å². The molecule has 1 aliphatic rings. The molecule has 228 valence electrons. The molecule has 2 aromatic heterocycles. The van der Waals surface area contributed by atoms with E-state index >= 15 is 0 Å². The van der Waals surface area contributed by atoms with E-state index in [4.69, 9.17) is 4.98 Å². The van der Waals surface area contributed by atoms with Crippen LogP contribution in [-0.2, 0) is 37.3 Å². The number of Topliss-reactive ketones (excluding diaryl/α,β-unsaturated/α-hetero) is 1. The number of piperidine rings is 1. The first-order valence-electron chi connectivity index (χ1n) is 16.2. The minimum absolute atomic E-state index is 0.0875. The number of ketones is 1. The van der Waals surface area contributed by atoms with E-state index in [9.17, 15) is 4.79 Å². The smallest absolute Gasteiger partial charge is 0.140 e. The highest BCUT2D eigenvalue weighted by atomic mass is 16.1. The zero-order valence-corrected chi connectivity index (χ0v) is 26.5. The second kappa shape index (κ2) is 14.7. The lowest BCUT2D eigenvalue weighted by molar-refractivity contribution is -0.122. The molecular formula is C36H48N6O. The number of hydrogen-bond donors (Lipinski definition) is 0. The van der Waals surface area contributed by atoms with Crippen molar-refractivity contribution in [3.05, 3.63) is 101 Å². The summed E-state index contributed by atoms with van der Waals surface area (Å²) >= 11 is 0. The molecule has 3 heterocycles. The maximum absolute atomic E-state index is 13.6. The van der Waals surface area contributed by atoms with Gasteiger partial charge < -0.3 is 4.57 Å². The molecule has 0 radical (unpaired) electrons. The number of likely N-dealkylation sites (tertiary alicyclic amines) is 1. The van der Waals surface area contributed by atoms with E-state index in [-0.39, 0.29) is 17.6 Å². The van der Waals surface area contributed by atoms with E-state index in [1.807, 2.05) is 47.4 Å². The maximum atomic E-state index is 13.6. The van der Waals surface area contributed by atoms with Crippen molar-refractivity contribution in [3.8, 4) is 0 Å². The fraction of sp³-hybridized carbons (Fsp3) is 0.500. The van der Waals surface area contributed by atoms with E-state index < -0.39 is 0 Å². The molecule has 1 saturated heterocycles. The monoisotopic (exact) mass is 580 g/mol. The number of carbonyl (C=O) groups excluding carboxylic acids is 1. The number of carbonyl (C=O) groups is 1. The average molecular weight is 581 g/mol. The molecule has 2 unspecified atom stereocenters. The predicted molar refractivity (Wildman–Crippen MR) is 172 cm³/mol. The normalized spacial score (nSPS) is 15.9. The third-order valence-electron chi connectivity index (χ3n) is 9.55. The first-order chi connectivity index (χ1) is 20.9. The van der Waals surface area contributed by atoms with Crippen molar-refractivity contribution in [2.75, 3.05) is 13.1 Å². The summed E-state index contributed by atoms with van der Waals surface area (Å²) in [4.78, 5) is 20.9. The Morgan fingerprint density at radius 1 is 1.05 bits per heavy atom. The third-order valence-corrected chi connectivity index (χ3v) is 9.55. The van der Waals surface area contributed by atoms with Crippen LogP contribution in [0.5, 0.6) is 0 Å². The zero-order valence-electron chi connectivity index (χ0n) is 26.5. The number of benzene rings is 2. The molecule has 7 heteroatoms. The summed E-state index contributed by atoms with van der Waals surface area (Å²) in [7, 11) is 0. The van der Waals surface area contributed by atoms with Gasteiger partial charge >= 0.3 is 0 Å². The molecule has 0 bridgehead atoms. The molecular weight excluding hydrogens is 532 g/mol. The van der Waals surface area contributed by atoms with Gasteiger partial charge in [0.25, 0.3) is 0 Å². The largest absolute Gasteiger partial charge is 0.329 e. The van der Waals surface area contributed by atoms with Crippen molar-refractivity contribution < 1.29 is 4.79 Å². The summed E-state index contributed by atoms with van der Waals surface area (Å²) in [6, 6.07) is 16.9. The molecule has 2 aromatic carbocycles. The minimum Gasteiger partial charge on any atom is -0.329 e. The van der Waals surface area contributed by atoms with Crippen LogP contribution in [0.15, 0.2) is 67.1 Å². The van der Waals surface area contributed by atoms with Crippen LogP contribution in [0.3, 0.4) is 0 Å². The average Bonchev–Trinajstić information content (AvgIpc) is 3.68. The van der Waals surface area contributed by atoms with E-state index in [0.717, 1.165) is 68.6 Å². The first-order valence-corrected chi connectivity index (χ1v) is 16.2. The van der Waals surface area contributed by atoms with Crippen LogP contribution >= 0.6 is 0 Å². The highest BCUT2D eigenvalue weighted by Gasteiger charge is 2.27. The Labute approximate surface area is 257 Å². The number of aromatic nitrogens is 5. The summed E-state index contributed by atoms with van der Waals surface area (Å²) in [6.07, 6.45) is 12.0. The van der Waals surface area contributed by atoms with Gasteiger partial charge in [-0.15, -0.1) is 5.10 Å². The molecule has 43 heavy (non-hydrogen) atoms. The van der Waals surface area contributed by atoms with Gasteiger partial charge in [-0.1, -0.05) is 74.0 Å². The van der Waals surface area contributed by atoms with Crippen LogP contribution in [0.4, 0.5) is 0 Å². The molecule has 1 aliphatic heterocycles. The summed E-state index contributed by atoms with van der Waals surface area (Å²) in [5, 5.41) is 8.62. The van der Waals surface area contributed by atoms with Gasteiger partial charge in [-0.3, -0.25) is 14.4 Å². The SMILES string of the molecule is CCC1CCN(Cc2nccn2Cc2cc(C(CCc3cn(CC)nn3)C(C)C(=O)Cc3ccccc3)ccc2C)CC1. The lowest BCUT2D eigenvalue weighted by Gasteiger charge is -2.31. The maximum Gasteiger partial charge on any atom is 0.140 e. The Kier molecular flexibility index (Phi) is 10.6. The second-order valence-electron chi connectivity index (χ2n) is 12.4. The first kappa shape index (κ1) is 30.9. The van der Waals surface area contributed by atoms with Crippen LogP contribution in [-0.4, -0.2) is 48.3 Å². The quantitative estimate of drug-likeness (QED) is 0.167. The predicted octanol–water partition coefficient (Wildman–Crippen LogP) is 6.64. The lowest BCUT2D eigenvalue weighted by atomic mass is 9.79. The van der Waals surface area contributed by atoms with Gasteiger partial charge in [0.2, 0.25) is 0 Å². The molecule has 0 aliphatic carbocycles. The Balaban J connectivity index is 1.35. The standard InChI is InChI=1S/C36H48N6O/c1-5-29-16-19-40(20-17-29)26-36-37-18-21-41(36)24-32-23-31(13-12-27(32)3)34(15-14-33-25-42(6-2)39-38-33)28(4)35(43)22-30-10-8-7-9-11-30/h7-13,18,21,23,25,28-29,34H,5-6,14-17,19-20,22,24,26H2,1-4H3. The van der Waals surface area contributed by atoms with Crippen LogP contribution in [0.25, 0.3) is 0 Å². The molecule has 2 atom stereocenters. The Morgan fingerprint density at radius 2 is 1.84 bits per heavy atom. The minimum atomic E-state index is -0.119. The Bertz CT molecular complexity index is 1450. The molecule has 5 rings (SSSR count).